The van der Waals surface area contributed by atoms with Crippen LogP contribution in [0.4, 0.5) is 34.1 Å². The zero-order valence-corrected chi connectivity index (χ0v) is 58.5. The summed E-state index contributed by atoms with van der Waals surface area (Å²) >= 11 is 3.64. The molecule has 0 aromatic heterocycles. The molecule has 10 heteroatoms. The van der Waals surface area contributed by atoms with E-state index in [0.29, 0.717) is 0 Å². The second-order valence-corrected chi connectivity index (χ2v) is 27.0. The molecule has 0 amide bonds. The van der Waals surface area contributed by atoms with Gasteiger partial charge in [-0.2, -0.15) is 0 Å². The molecule has 484 valence electrons. The summed E-state index contributed by atoms with van der Waals surface area (Å²) < 4.78 is 6.67. The molecule has 13 rings (SSSR count). The predicted molar refractivity (Wildman–Crippen MR) is 394 cm³/mol. The van der Waals surface area contributed by atoms with E-state index in [1.54, 1.807) is 7.11 Å². The third-order valence-corrected chi connectivity index (χ3v) is 19.2. The van der Waals surface area contributed by atoms with Gasteiger partial charge < -0.3 is 39.0 Å². The summed E-state index contributed by atoms with van der Waals surface area (Å²) in [6.45, 7) is 35.0. The van der Waals surface area contributed by atoms with Crippen LogP contribution in [0.15, 0.2) is 162 Å². The highest BCUT2D eigenvalue weighted by Gasteiger charge is 2.20. The summed E-state index contributed by atoms with van der Waals surface area (Å²) in [6, 6.07) is 57.2. The van der Waals surface area contributed by atoms with Crippen LogP contribution >= 0.6 is 15.9 Å². The number of rotatable bonds is 9. The Hall–Kier alpha value is -6.46. The van der Waals surface area contributed by atoms with Gasteiger partial charge in [0.25, 0.3) is 0 Å². The molecule has 0 aliphatic carbocycles. The molecule has 6 saturated heterocycles. The van der Waals surface area contributed by atoms with Crippen LogP contribution < -0.4 is 34.1 Å². The zero-order valence-electron chi connectivity index (χ0n) is 56.9. The third-order valence-electron chi connectivity index (χ3n) is 18.6. The number of hydrogen-bond donors (Lipinski definition) is 0. The maximum absolute atomic E-state index is 5.44. The molecule has 0 N–H and O–H groups in total. The van der Waals surface area contributed by atoms with Gasteiger partial charge in [-0.1, -0.05) is 113 Å². The minimum atomic E-state index is 1.01. The molecule has 6 aliphatic rings. The van der Waals surface area contributed by atoms with Crippen LogP contribution in [0, 0.1) is 48.5 Å². The molecular formula is C80H111BrN8O. The molecule has 6 heterocycles. The van der Waals surface area contributed by atoms with Crippen LogP contribution in [0.5, 0.6) is 5.75 Å². The van der Waals surface area contributed by atoms with Gasteiger partial charge in [-0.3, -0.25) is 4.90 Å². The van der Waals surface area contributed by atoms with E-state index in [1.807, 2.05) is 0 Å². The maximum atomic E-state index is 5.44. The predicted octanol–water partition coefficient (Wildman–Crippen LogP) is 18.1. The largest absolute Gasteiger partial charge is 0.495 e. The van der Waals surface area contributed by atoms with Crippen molar-refractivity contribution >= 4 is 50.1 Å². The Morgan fingerprint density at radius 1 is 0.322 bits per heavy atom. The summed E-state index contributed by atoms with van der Waals surface area (Å²) in [4.78, 5) is 19.8. The second kappa shape index (κ2) is 37.2. The molecule has 9 nitrogen and oxygen atoms in total. The molecule has 6 fully saturated rings. The Kier molecular flexibility index (Phi) is 28.7. The summed E-state index contributed by atoms with van der Waals surface area (Å²) in [5, 5.41) is 0. The lowest BCUT2D eigenvalue weighted by molar-refractivity contribution is 0.250. The number of benzene rings is 7. The molecule has 7 aromatic rings. The number of piperazine rings is 2. The number of methoxy groups -OCH3 is 1. The fourth-order valence-corrected chi connectivity index (χ4v) is 13.7. The van der Waals surface area contributed by atoms with Crippen molar-refractivity contribution in [3.05, 3.63) is 207 Å². The monoisotopic (exact) mass is 1280 g/mol. The van der Waals surface area contributed by atoms with Crippen molar-refractivity contribution in [2.45, 2.75) is 132 Å². The van der Waals surface area contributed by atoms with Crippen LogP contribution in [0.2, 0.25) is 0 Å². The van der Waals surface area contributed by atoms with Gasteiger partial charge in [0.15, 0.2) is 0 Å². The van der Waals surface area contributed by atoms with E-state index >= 15 is 0 Å². The highest BCUT2D eigenvalue weighted by molar-refractivity contribution is 9.10. The number of hydrogen-bond acceptors (Lipinski definition) is 9. The number of nitrogens with zero attached hydrogens (tertiary/aromatic N) is 8. The molecule has 0 bridgehead atoms. The van der Waals surface area contributed by atoms with E-state index in [9.17, 15) is 0 Å². The molecule has 0 atom stereocenters. The number of ether oxygens (including phenoxy) is 1. The van der Waals surface area contributed by atoms with E-state index in [2.05, 4.69) is 268 Å². The van der Waals surface area contributed by atoms with Crippen LogP contribution in [0.3, 0.4) is 0 Å². The smallest absolute Gasteiger partial charge is 0.142 e. The average molecular weight is 1280 g/mol. The van der Waals surface area contributed by atoms with Crippen LogP contribution in [0.25, 0.3) is 0 Å². The van der Waals surface area contributed by atoms with Crippen molar-refractivity contribution in [1.82, 2.24) is 9.80 Å². The second-order valence-electron chi connectivity index (χ2n) is 26.2. The van der Waals surface area contributed by atoms with E-state index in [0.717, 1.165) is 51.6 Å². The lowest BCUT2D eigenvalue weighted by atomic mass is 10.1. The van der Waals surface area contributed by atoms with Gasteiger partial charge >= 0.3 is 0 Å². The van der Waals surface area contributed by atoms with Crippen molar-refractivity contribution in [3.63, 3.8) is 0 Å². The summed E-state index contributed by atoms with van der Waals surface area (Å²) in [6.07, 6.45) is 16.3. The number of aryl methyl sites for hydroxylation is 7. The summed E-state index contributed by atoms with van der Waals surface area (Å²) in [7, 11) is 3.94. The van der Waals surface area contributed by atoms with Gasteiger partial charge in [0.2, 0.25) is 0 Å². The topological polar surface area (TPSA) is 35.2 Å². The highest BCUT2D eigenvalue weighted by atomic mass is 79.9. The fourth-order valence-electron chi connectivity index (χ4n) is 13.0. The lowest BCUT2D eigenvalue weighted by Crippen LogP contribution is -2.45. The van der Waals surface area contributed by atoms with Gasteiger partial charge in [0, 0.05) is 138 Å². The van der Waals surface area contributed by atoms with Crippen LogP contribution in [-0.4, -0.2) is 129 Å². The quantitative estimate of drug-likeness (QED) is 0.140. The van der Waals surface area contributed by atoms with E-state index in [-0.39, 0.29) is 0 Å². The Balaban J connectivity index is 0.000000140. The van der Waals surface area contributed by atoms with Crippen molar-refractivity contribution in [2.24, 2.45) is 0 Å². The number of likely N-dealkylation sites (N-methyl/N-ethyl adjacent to an activating group) is 1. The average Bonchev–Trinajstić information content (AvgIpc) is 2.74. The van der Waals surface area contributed by atoms with Gasteiger partial charge in [0.05, 0.1) is 18.5 Å². The fraction of sp³-hybridized carbons (Fsp3) is 0.475. The normalized spacial score (nSPS) is 17.1. The minimum absolute atomic E-state index is 1.01. The Bertz CT molecular complexity index is 3050. The molecule has 0 unspecified atom stereocenters. The Labute approximate surface area is 554 Å². The third kappa shape index (κ3) is 22.7. The van der Waals surface area contributed by atoms with Gasteiger partial charge in [-0.15, -0.1) is 0 Å². The van der Waals surface area contributed by atoms with Crippen molar-refractivity contribution in [3.8, 4) is 5.75 Å². The number of piperidine rings is 4. The Morgan fingerprint density at radius 2 is 0.667 bits per heavy atom. The minimum Gasteiger partial charge on any atom is -0.495 e. The SMILES string of the molecule is COc1cc(C)ccc1N1CCCCC1.Cc1ccc(N2CCCCC2)c(Br)c1.Cc1ccc(N2CCCCC2)c(C)c1.Cc1ccc(N2CCCCC2)cc1.Cc1ccc(N2CCN(C)CC2)cc1.Cc1ccc(N2CCN(Cc3ccccc3)CC2)cc1. The molecule has 0 radical (unpaired) electrons. The highest BCUT2D eigenvalue weighted by Crippen LogP contribution is 2.32. The lowest BCUT2D eigenvalue weighted by Gasteiger charge is -2.36. The van der Waals surface area contributed by atoms with E-state index in [1.165, 1.54) is 226 Å². The molecule has 6 aliphatic heterocycles. The first-order chi connectivity index (χ1) is 43.8. The first-order valence-corrected chi connectivity index (χ1v) is 35.2. The molecule has 0 saturated carbocycles. The summed E-state index contributed by atoms with van der Waals surface area (Å²) in [5.41, 5.74) is 19.0. The van der Waals surface area contributed by atoms with Crippen molar-refractivity contribution in [2.75, 3.05) is 148 Å². The van der Waals surface area contributed by atoms with Crippen LogP contribution in [-0.2, 0) is 6.54 Å². The van der Waals surface area contributed by atoms with Crippen LogP contribution in [0.1, 0.15) is 122 Å². The van der Waals surface area contributed by atoms with Gasteiger partial charge in [0.1, 0.15) is 5.75 Å². The summed E-state index contributed by atoms with van der Waals surface area (Å²) in [5.74, 6) is 1.01. The number of anilines is 6. The first kappa shape index (κ1) is 69.4. The zero-order chi connectivity index (χ0) is 63.5. The molecule has 90 heavy (non-hydrogen) atoms. The first-order valence-electron chi connectivity index (χ1n) is 34.4. The number of halogens is 1. The Morgan fingerprint density at radius 3 is 1.09 bits per heavy atom. The van der Waals surface area contributed by atoms with Gasteiger partial charge in [-0.05, 0) is 237 Å². The van der Waals surface area contributed by atoms with E-state index < -0.39 is 0 Å². The van der Waals surface area contributed by atoms with Crippen molar-refractivity contribution < 1.29 is 4.74 Å². The maximum Gasteiger partial charge on any atom is 0.142 e. The van der Waals surface area contributed by atoms with Gasteiger partial charge in [-0.25, -0.2) is 0 Å². The van der Waals surface area contributed by atoms with E-state index in [4.69, 9.17) is 4.74 Å². The molecular weight excluding hydrogens is 1170 g/mol. The standard InChI is InChI=1S/C18H22N2.C13H19NO.C13H19N.C12H16BrN.C12H18N2.C12H17N/c1-16-7-9-18(10-8-16)20-13-11-19(12-14-20)15-17-5-3-2-4-6-17;1-11-6-7-12(13(10-11)15-2)14-8-4-3-5-9-14;1-11-6-7-13(12(2)10-11)14-8-4-3-5-9-14;1-10-5-6-12(11(13)9-10)14-7-3-2-4-8-14;1-11-3-5-12(6-4-11)14-9-7-13(2)8-10-14;1-11-5-7-12(8-6-11)13-9-3-2-4-10-13/h2-10H,11-15H2,1H3;6-7,10H,3-5,8-9H2,1-2H3;6-7,10H,3-5,8-9H2,1-2H3;5-6,9H,2-4,7-8H2,1H3;3-6H,7-10H2,1-2H3;5-8H,2-4,9-10H2,1H3. The molecule has 0 spiro atoms. The molecule has 7 aromatic carbocycles. The van der Waals surface area contributed by atoms with Crippen molar-refractivity contribution in [1.29, 1.82) is 0 Å².